The van der Waals surface area contributed by atoms with E-state index in [4.69, 9.17) is 5.14 Å². The van der Waals surface area contributed by atoms with E-state index >= 15 is 0 Å². The second-order valence-electron chi connectivity index (χ2n) is 4.62. The van der Waals surface area contributed by atoms with E-state index < -0.39 is 10.0 Å². The highest BCUT2D eigenvalue weighted by Crippen LogP contribution is 2.31. The average molecular weight is 356 g/mol. The lowest BCUT2D eigenvalue weighted by atomic mass is 10.2. The van der Waals surface area contributed by atoms with Gasteiger partial charge in [-0.1, -0.05) is 23.1 Å². The summed E-state index contributed by atoms with van der Waals surface area (Å²) >= 11 is 2.73. The maximum Gasteiger partial charge on any atom is 0.238 e. The van der Waals surface area contributed by atoms with Crippen LogP contribution in [0.1, 0.15) is 5.56 Å². The van der Waals surface area contributed by atoms with Crippen molar-refractivity contribution in [2.75, 3.05) is 17.2 Å². The smallest absolute Gasteiger partial charge is 0.238 e. The number of fused-ring (bicyclic) bond motifs is 1. The first-order valence-corrected chi connectivity index (χ1v) is 9.71. The largest absolute Gasteiger partial charge is 0.311 e. The molecule has 0 aliphatic carbocycles. The molecule has 1 aromatic carbocycles. The second-order valence-corrected chi connectivity index (χ2v) is 8.24. The Morgan fingerprint density at radius 1 is 1.45 bits per heavy atom. The highest BCUT2D eigenvalue weighted by molar-refractivity contribution is 8.01. The van der Waals surface area contributed by atoms with Gasteiger partial charge in [-0.15, -0.1) is 10.2 Å². The SMILES string of the molecule is NS(=O)(=O)c1ccc2c(c1)CCN2C(=O)CSc1nncs1. The summed E-state index contributed by atoms with van der Waals surface area (Å²) < 4.78 is 23.5. The van der Waals surface area contributed by atoms with Gasteiger partial charge in [0.15, 0.2) is 4.34 Å². The molecule has 116 valence electrons. The quantitative estimate of drug-likeness (QED) is 0.815. The minimum absolute atomic E-state index is 0.0395. The molecule has 2 N–H and O–H groups in total. The van der Waals surface area contributed by atoms with Crippen LogP contribution >= 0.6 is 23.1 Å². The van der Waals surface area contributed by atoms with Crippen molar-refractivity contribution in [1.82, 2.24) is 10.2 Å². The molecular weight excluding hydrogens is 344 g/mol. The van der Waals surface area contributed by atoms with Gasteiger partial charge in [0.05, 0.1) is 10.6 Å². The number of aromatic nitrogens is 2. The lowest BCUT2D eigenvalue weighted by Gasteiger charge is -2.16. The van der Waals surface area contributed by atoms with E-state index in [2.05, 4.69) is 10.2 Å². The van der Waals surface area contributed by atoms with Crippen LogP contribution in [0.2, 0.25) is 0 Å². The van der Waals surface area contributed by atoms with Gasteiger partial charge >= 0.3 is 0 Å². The molecule has 1 aliphatic rings. The summed E-state index contributed by atoms with van der Waals surface area (Å²) in [4.78, 5) is 14.0. The van der Waals surface area contributed by atoms with Crippen LogP contribution in [0.25, 0.3) is 0 Å². The predicted octanol–water partition coefficient (Wildman–Crippen LogP) is 0.867. The zero-order valence-corrected chi connectivity index (χ0v) is 13.7. The third-order valence-corrected chi connectivity index (χ3v) is 5.99. The van der Waals surface area contributed by atoms with Crippen LogP contribution in [0.5, 0.6) is 0 Å². The van der Waals surface area contributed by atoms with E-state index in [9.17, 15) is 13.2 Å². The number of benzene rings is 1. The van der Waals surface area contributed by atoms with Gasteiger partial charge in [0.1, 0.15) is 5.51 Å². The Hall–Kier alpha value is -1.49. The highest BCUT2D eigenvalue weighted by atomic mass is 32.2. The summed E-state index contributed by atoms with van der Waals surface area (Å²) in [7, 11) is -3.72. The molecule has 1 aliphatic heterocycles. The molecule has 0 fully saturated rings. The number of amides is 1. The van der Waals surface area contributed by atoms with E-state index in [0.717, 1.165) is 15.6 Å². The first-order valence-electron chi connectivity index (χ1n) is 6.30. The maximum atomic E-state index is 12.3. The van der Waals surface area contributed by atoms with E-state index in [1.807, 2.05) is 0 Å². The number of thioether (sulfide) groups is 1. The van der Waals surface area contributed by atoms with Crippen LogP contribution < -0.4 is 10.0 Å². The zero-order chi connectivity index (χ0) is 15.7. The predicted molar refractivity (Wildman–Crippen MR) is 84.5 cm³/mol. The normalized spacial score (nSPS) is 14.1. The molecule has 1 aromatic heterocycles. The molecule has 0 spiro atoms. The molecule has 0 saturated carbocycles. The summed E-state index contributed by atoms with van der Waals surface area (Å²) in [5, 5.41) is 12.7. The van der Waals surface area contributed by atoms with Crippen molar-refractivity contribution in [1.29, 1.82) is 0 Å². The van der Waals surface area contributed by atoms with Gasteiger partial charge in [-0.05, 0) is 30.2 Å². The average Bonchev–Trinajstić information content (AvgIpc) is 3.12. The monoisotopic (exact) mass is 356 g/mol. The molecule has 7 nitrogen and oxygen atoms in total. The minimum Gasteiger partial charge on any atom is -0.311 e. The molecule has 0 radical (unpaired) electrons. The number of sulfonamides is 1. The van der Waals surface area contributed by atoms with Crippen LogP contribution in [0, 0.1) is 0 Å². The Bertz CT molecular complexity index is 805. The molecule has 0 saturated heterocycles. The van der Waals surface area contributed by atoms with Crippen molar-refractivity contribution in [2.24, 2.45) is 5.14 Å². The van der Waals surface area contributed by atoms with Crippen molar-refractivity contribution in [3.63, 3.8) is 0 Å². The van der Waals surface area contributed by atoms with Gasteiger partial charge in [-0.25, -0.2) is 13.6 Å². The highest BCUT2D eigenvalue weighted by Gasteiger charge is 2.26. The Balaban J connectivity index is 1.75. The molecule has 3 rings (SSSR count). The van der Waals surface area contributed by atoms with Crippen LogP contribution in [0.4, 0.5) is 5.69 Å². The number of nitrogens with two attached hydrogens (primary N) is 1. The number of nitrogens with zero attached hydrogens (tertiary/aromatic N) is 3. The molecule has 0 unspecified atom stereocenters. The lowest BCUT2D eigenvalue weighted by Crippen LogP contribution is -2.30. The lowest BCUT2D eigenvalue weighted by molar-refractivity contribution is -0.116. The fourth-order valence-electron chi connectivity index (χ4n) is 2.24. The van der Waals surface area contributed by atoms with Crippen molar-refractivity contribution in [3.8, 4) is 0 Å². The Morgan fingerprint density at radius 3 is 2.95 bits per heavy atom. The fraction of sp³-hybridized carbons (Fsp3) is 0.250. The zero-order valence-electron chi connectivity index (χ0n) is 11.3. The molecule has 22 heavy (non-hydrogen) atoms. The van der Waals surface area contributed by atoms with Crippen molar-refractivity contribution in [2.45, 2.75) is 15.7 Å². The molecular formula is C12H12N4O3S3. The van der Waals surface area contributed by atoms with Crippen LogP contribution in [-0.4, -0.2) is 36.8 Å². The number of carbonyl (C=O) groups excluding carboxylic acids is 1. The van der Waals surface area contributed by atoms with Gasteiger partial charge < -0.3 is 4.90 Å². The number of rotatable bonds is 4. The van der Waals surface area contributed by atoms with Crippen LogP contribution in [0.3, 0.4) is 0 Å². The first kappa shape index (κ1) is 15.4. The minimum atomic E-state index is -3.72. The first-order chi connectivity index (χ1) is 10.4. The van der Waals surface area contributed by atoms with Crippen LogP contribution in [-0.2, 0) is 21.2 Å². The third-order valence-electron chi connectivity index (χ3n) is 3.24. The standard InChI is InChI=1S/C12H12N4O3S3/c13-22(18,19)9-1-2-10-8(5-9)3-4-16(10)11(17)6-20-12-15-14-7-21-12/h1-2,5,7H,3-4,6H2,(H2,13,18,19). The molecule has 10 heteroatoms. The number of carbonyl (C=O) groups is 1. The Kier molecular flexibility index (Phi) is 4.17. The molecule has 2 aromatic rings. The van der Waals surface area contributed by atoms with E-state index in [-0.39, 0.29) is 16.6 Å². The Morgan fingerprint density at radius 2 is 2.27 bits per heavy atom. The van der Waals surface area contributed by atoms with E-state index in [1.165, 1.54) is 35.2 Å². The second kappa shape index (κ2) is 5.95. The summed E-state index contributed by atoms with van der Waals surface area (Å²) in [6, 6.07) is 4.60. The topological polar surface area (TPSA) is 106 Å². The number of hydrogen-bond acceptors (Lipinski definition) is 7. The molecule has 0 bridgehead atoms. The third kappa shape index (κ3) is 3.14. The maximum absolute atomic E-state index is 12.3. The van der Waals surface area contributed by atoms with E-state index in [1.54, 1.807) is 16.5 Å². The summed E-state index contributed by atoms with van der Waals surface area (Å²) in [6.07, 6.45) is 0.619. The Labute approximate surface area is 135 Å². The number of anilines is 1. The number of primary sulfonamides is 1. The van der Waals surface area contributed by atoms with E-state index in [0.29, 0.717) is 13.0 Å². The van der Waals surface area contributed by atoms with Crippen LogP contribution in [0.15, 0.2) is 32.9 Å². The van der Waals surface area contributed by atoms with Gasteiger partial charge in [0, 0.05) is 12.2 Å². The van der Waals surface area contributed by atoms with Gasteiger partial charge in [-0.2, -0.15) is 0 Å². The summed E-state index contributed by atoms with van der Waals surface area (Å²) in [5.74, 6) is 0.230. The molecule has 2 heterocycles. The fourth-order valence-corrected chi connectivity index (χ4v) is 4.17. The molecule has 1 amide bonds. The van der Waals surface area contributed by atoms with Crippen molar-refractivity contribution < 1.29 is 13.2 Å². The van der Waals surface area contributed by atoms with Gasteiger partial charge in [-0.3, -0.25) is 4.79 Å². The van der Waals surface area contributed by atoms with Gasteiger partial charge in [0.25, 0.3) is 0 Å². The summed E-state index contributed by atoms with van der Waals surface area (Å²) in [6.45, 7) is 0.541. The molecule has 0 atom stereocenters. The summed E-state index contributed by atoms with van der Waals surface area (Å²) in [5.41, 5.74) is 3.18. The van der Waals surface area contributed by atoms with Crippen molar-refractivity contribution >= 4 is 44.7 Å². The number of hydrogen-bond donors (Lipinski definition) is 1. The van der Waals surface area contributed by atoms with Gasteiger partial charge in [0.2, 0.25) is 15.9 Å². The van der Waals surface area contributed by atoms with Crippen molar-refractivity contribution in [3.05, 3.63) is 29.3 Å².